The van der Waals surface area contributed by atoms with Crippen molar-refractivity contribution in [1.29, 1.82) is 0 Å². The molecule has 0 saturated carbocycles. The molecule has 32 heavy (non-hydrogen) atoms. The number of anilines is 1. The van der Waals surface area contributed by atoms with E-state index in [9.17, 15) is 17.2 Å². The average Bonchev–Trinajstić information content (AvgIpc) is 3.28. The summed E-state index contributed by atoms with van der Waals surface area (Å²) in [5, 5.41) is 1.90. The van der Waals surface area contributed by atoms with Crippen molar-refractivity contribution >= 4 is 58.2 Å². The number of methoxy groups -OCH3 is 1. The van der Waals surface area contributed by atoms with Crippen molar-refractivity contribution in [3.8, 4) is 17.0 Å². The molecule has 3 aromatic rings. The van der Waals surface area contributed by atoms with E-state index in [1.807, 2.05) is 34.5 Å². The van der Waals surface area contributed by atoms with Crippen LogP contribution in [0.2, 0.25) is 0 Å². The van der Waals surface area contributed by atoms with Crippen molar-refractivity contribution in [1.82, 2.24) is 4.98 Å². The first-order chi connectivity index (χ1) is 15.2. The van der Waals surface area contributed by atoms with Crippen molar-refractivity contribution in [2.24, 2.45) is 0 Å². The van der Waals surface area contributed by atoms with Crippen LogP contribution in [0.15, 0.2) is 49.6 Å². The first-order valence-electron chi connectivity index (χ1n) is 9.64. The van der Waals surface area contributed by atoms with E-state index in [4.69, 9.17) is 9.72 Å². The van der Waals surface area contributed by atoms with Gasteiger partial charge < -0.3 is 9.64 Å². The maximum Gasteiger partial charge on any atom is 0.185 e. The number of nitrogens with zero attached hydrogens (tertiary/aromatic N) is 2. The Kier molecular flexibility index (Phi) is 6.90. The minimum Gasteiger partial charge on any atom is -0.496 e. The minimum absolute atomic E-state index is 0.221. The van der Waals surface area contributed by atoms with Crippen molar-refractivity contribution in [2.45, 2.75) is 23.0 Å². The summed E-state index contributed by atoms with van der Waals surface area (Å²) >= 11 is 7.27. The molecule has 1 aliphatic rings. The highest BCUT2D eigenvalue weighted by Crippen LogP contribution is 2.38. The van der Waals surface area contributed by atoms with Gasteiger partial charge in [-0.05, 0) is 62.9 Å². The predicted octanol–water partition coefficient (Wildman–Crippen LogP) is 6.06. The molecule has 0 amide bonds. The van der Waals surface area contributed by atoms with Crippen LogP contribution in [0.5, 0.6) is 5.75 Å². The van der Waals surface area contributed by atoms with Gasteiger partial charge in [0.25, 0.3) is 0 Å². The number of piperidine rings is 1. The van der Waals surface area contributed by atoms with E-state index < -0.39 is 31.6 Å². The molecule has 0 unspecified atom stereocenters. The normalized spacial score (nSPS) is 15.2. The first kappa shape index (κ1) is 23.6. The van der Waals surface area contributed by atoms with Crippen molar-refractivity contribution in [3.63, 3.8) is 0 Å². The molecule has 0 atom stereocenters. The molecule has 170 valence electrons. The number of ether oxygens (including phenoxy) is 1. The molecule has 0 bridgehead atoms. The van der Waals surface area contributed by atoms with Crippen molar-refractivity contribution < 1.29 is 21.9 Å². The number of thiazole rings is 1. The lowest BCUT2D eigenvalue weighted by molar-refractivity contribution is 0.416. The number of halogens is 4. The molecular formula is C21H18Br2F2N2O3S2. The zero-order valence-electron chi connectivity index (χ0n) is 16.8. The number of para-hydroxylation sites is 1. The van der Waals surface area contributed by atoms with Crippen LogP contribution in [-0.4, -0.2) is 38.9 Å². The fourth-order valence-electron chi connectivity index (χ4n) is 3.71. The van der Waals surface area contributed by atoms with Crippen molar-refractivity contribution in [3.05, 3.63) is 56.3 Å². The molecule has 2 aromatic carbocycles. The maximum absolute atomic E-state index is 14.6. The third-order valence-electron chi connectivity index (χ3n) is 5.38. The summed E-state index contributed by atoms with van der Waals surface area (Å²) in [5.41, 5.74) is 1.67. The van der Waals surface area contributed by atoms with E-state index >= 15 is 0 Å². The lowest BCUT2D eigenvalue weighted by Crippen LogP contribution is -2.39. The summed E-state index contributed by atoms with van der Waals surface area (Å²) < 4.78 is 59.7. The van der Waals surface area contributed by atoms with E-state index in [0.29, 0.717) is 13.1 Å². The highest BCUT2D eigenvalue weighted by atomic mass is 79.9. The predicted molar refractivity (Wildman–Crippen MR) is 128 cm³/mol. The van der Waals surface area contributed by atoms with Crippen LogP contribution in [0.4, 0.5) is 13.9 Å². The lowest BCUT2D eigenvalue weighted by atomic mass is 10.1. The standard InChI is InChI=1S/C21H18Br2F2N2O3S2/c1-30-17-5-3-2-4-13(17)16-11-31-21(26-16)27-8-6-12(7-9-27)32(28,29)20-18(23)15(24)10-14(22)19(20)25/h2-5,10-12H,6-9H2,1H3. The van der Waals surface area contributed by atoms with Crippen LogP contribution in [0.25, 0.3) is 11.3 Å². The number of benzene rings is 2. The first-order valence-corrected chi connectivity index (χ1v) is 13.7. The second kappa shape index (κ2) is 9.36. The van der Waals surface area contributed by atoms with Crippen LogP contribution >= 0.6 is 43.2 Å². The molecule has 11 heteroatoms. The highest BCUT2D eigenvalue weighted by Gasteiger charge is 2.37. The summed E-state index contributed by atoms with van der Waals surface area (Å²) in [6, 6.07) is 8.50. The monoisotopic (exact) mass is 606 g/mol. The zero-order chi connectivity index (χ0) is 23.0. The van der Waals surface area contributed by atoms with Gasteiger partial charge in [0.15, 0.2) is 20.8 Å². The fraction of sp³-hybridized carbons (Fsp3) is 0.286. The Bertz CT molecular complexity index is 1230. The zero-order valence-corrected chi connectivity index (χ0v) is 21.6. The summed E-state index contributed by atoms with van der Waals surface area (Å²) in [5.74, 6) is -1.09. The van der Waals surface area contributed by atoms with Gasteiger partial charge in [0.1, 0.15) is 16.5 Å². The van der Waals surface area contributed by atoms with E-state index in [2.05, 4.69) is 31.9 Å². The summed E-state index contributed by atoms with van der Waals surface area (Å²) in [6.07, 6.45) is 0.567. The van der Waals surface area contributed by atoms with Crippen molar-refractivity contribution in [2.75, 3.05) is 25.1 Å². The molecule has 0 aliphatic carbocycles. The Balaban J connectivity index is 1.53. The summed E-state index contributed by atoms with van der Waals surface area (Å²) in [4.78, 5) is 6.09. The van der Waals surface area contributed by atoms with Gasteiger partial charge >= 0.3 is 0 Å². The lowest BCUT2D eigenvalue weighted by Gasteiger charge is -2.31. The molecule has 1 fully saturated rings. The number of aromatic nitrogens is 1. The largest absolute Gasteiger partial charge is 0.496 e. The van der Waals surface area contributed by atoms with Crippen LogP contribution in [0.1, 0.15) is 12.8 Å². The molecular weight excluding hydrogens is 590 g/mol. The number of sulfone groups is 1. The van der Waals surface area contributed by atoms with Gasteiger partial charge in [-0.3, -0.25) is 0 Å². The molecule has 0 radical (unpaired) electrons. The number of hydrogen-bond donors (Lipinski definition) is 0. The second-order valence-electron chi connectivity index (χ2n) is 7.24. The van der Waals surface area contributed by atoms with Gasteiger partial charge in [0.05, 0.1) is 27.0 Å². The second-order valence-corrected chi connectivity index (χ2v) is 11.9. The van der Waals surface area contributed by atoms with Gasteiger partial charge in [0.2, 0.25) is 0 Å². The van der Waals surface area contributed by atoms with Crippen LogP contribution in [0.3, 0.4) is 0 Å². The Labute approximate surface area is 205 Å². The number of rotatable bonds is 5. The Hall–Kier alpha value is -1.56. The highest BCUT2D eigenvalue weighted by molar-refractivity contribution is 9.11. The smallest absolute Gasteiger partial charge is 0.185 e. The summed E-state index contributed by atoms with van der Waals surface area (Å²) in [6.45, 7) is 0.886. The molecule has 1 aliphatic heterocycles. The Morgan fingerprint density at radius 3 is 2.56 bits per heavy atom. The van der Waals surface area contributed by atoms with E-state index in [-0.39, 0.29) is 21.8 Å². The SMILES string of the molecule is COc1ccccc1-c1csc(N2CCC(S(=O)(=O)c3c(F)c(Br)cc(F)c3Br)CC2)n1. The average molecular weight is 608 g/mol. The van der Waals surface area contributed by atoms with Gasteiger partial charge in [-0.2, -0.15) is 0 Å². The molecule has 1 aromatic heterocycles. The van der Waals surface area contributed by atoms with E-state index in [1.165, 1.54) is 11.3 Å². The molecule has 1 saturated heterocycles. The topological polar surface area (TPSA) is 59.5 Å². The molecule has 2 heterocycles. The van der Waals surface area contributed by atoms with E-state index in [0.717, 1.165) is 28.2 Å². The van der Waals surface area contributed by atoms with Gasteiger partial charge in [-0.1, -0.05) is 12.1 Å². The Morgan fingerprint density at radius 2 is 1.88 bits per heavy atom. The molecule has 5 nitrogen and oxygen atoms in total. The molecule has 4 rings (SSSR count). The van der Waals surface area contributed by atoms with Gasteiger partial charge in [-0.15, -0.1) is 11.3 Å². The molecule has 0 spiro atoms. The summed E-state index contributed by atoms with van der Waals surface area (Å²) in [7, 11) is -2.47. The van der Waals surface area contributed by atoms with Crippen LogP contribution in [-0.2, 0) is 9.84 Å². The van der Waals surface area contributed by atoms with E-state index in [1.54, 1.807) is 7.11 Å². The quantitative estimate of drug-likeness (QED) is 0.330. The van der Waals surface area contributed by atoms with Gasteiger partial charge in [0, 0.05) is 24.0 Å². The maximum atomic E-state index is 14.6. The Morgan fingerprint density at radius 1 is 1.19 bits per heavy atom. The third-order valence-corrected chi connectivity index (χ3v) is 10.2. The van der Waals surface area contributed by atoms with Crippen LogP contribution in [0, 0.1) is 11.6 Å². The molecule has 0 N–H and O–H groups in total. The fourth-order valence-corrected chi connectivity index (χ4v) is 7.96. The minimum atomic E-state index is -4.07. The van der Waals surface area contributed by atoms with Crippen LogP contribution < -0.4 is 9.64 Å². The third kappa shape index (κ3) is 4.32. The van der Waals surface area contributed by atoms with Gasteiger partial charge in [-0.25, -0.2) is 22.2 Å². The number of hydrogen-bond acceptors (Lipinski definition) is 6.